The van der Waals surface area contributed by atoms with E-state index in [1.54, 1.807) is 11.0 Å². The van der Waals surface area contributed by atoms with Crippen LogP contribution in [0.4, 0.5) is 0 Å². The molecular formula is C17H28N2O4S. The normalized spacial score (nSPS) is 29.0. The first-order chi connectivity index (χ1) is 11.4. The summed E-state index contributed by atoms with van der Waals surface area (Å²) in [4.78, 5) is 26.5. The monoisotopic (exact) mass is 356 g/mol. The van der Waals surface area contributed by atoms with Crippen molar-refractivity contribution < 1.29 is 18.0 Å². The van der Waals surface area contributed by atoms with Crippen LogP contribution < -0.4 is 5.32 Å². The Balaban J connectivity index is 1.89. The Kier molecular flexibility index (Phi) is 6.43. The third kappa shape index (κ3) is 4.59. The molecule has 24 heavy (non-hydrogen) atoms. The average Bonchev–Trinajstić information content (AvgIpc) is 2.93. The van der Waals surface area contributed by atoms with Gasteiger partial charge in [-0.15, -0.1) is 6.58 Å². The standard InChI is InChI=1S/C17H28N2O4S/c1-3-10-18-16(20)13-5-7-14(8-6-13)17(21)19(4-2)15-9-11-24(22,23)12-15/h3,13-15H,1,4-12H2,2H3,(H,18,20). The van der Waals surface area contributed by atoms with Gasteiger partial charge in [0.2, 0.25) is 11.8 Å². The van der Waals surface area contributed by atoms with Gasteiger partial charge >= 0.3 is 0 Å². The van der Waals surface area contributed by atoms with Gasteiger partial charge < -0.3 is 10.2 Å². The summed E-state index contributed by atoms with van der Waals surface area (Å²) in [7, 11) is -3.00. The van der Waals surface area contributed by atoms with E-state index in [2.05, 4.69) is 11.9 Å². The topological polar surface area (TPSA) is 83.6 Å². The van der Waals surface area contributed by atoms with Crippen molar-refractivity contribution in [3.8, 4) is 0 Å². The molecule has 0 aromatic carbocycles. The van der Waals surface area contributed by atoms with Crippen LogP contribution >= 0.6 is 0 Å². The minimum Gasteiger partial charge on any atom is -0.352 e. The molecule has 2 rings (SSSR count). The van der Waals surface area contributed by atoms with Gasteiger partial charge in [-0.1, -0.05) is 6.08 Å². The van der Waals surface area contributed by atoms with E-state index >= 15 is 0 Å². The molecule has 1 aliphatic heterocycles. The maximum absolute atomic E-state index is 12.8. The highest BCUT2D eigenvalue weighted by atomic mass is 32.2. The Morgan fingerprint density at radius 3 is 2.29 bits per heavy atom. The fraction of sp³-hybridized carbons (Fsp3) is 0.765. The van der Waals surface area contributed by atoms with E-state index in [4.69, 9.17) is 0 Å². The van der Waals surface area contributed by atoms with Crippen LogP contribution in [0.25, 0.3) is 0 Å². The SMILES string of the molecule is C=CCNC(=O)C1CCC(C(=O)N(CC)C2CCS(=O)(=O)C2)CC1. The molecule has 0 bridgehead atoms. The average molecular weight is 356 g/mol. The summed E-state index contributed by atoms with van der Waals surface area (Å²) in [5.41, 5.74) is 0. The predicted octanol–water partition coefficient (Wildman–Crippen LogP) is 1.13. The van der Waals surface area contributed by atoms with Crippen molar-refractivity contribution in [3.63, 3.8) is 0 Å². The second kappa shape index (κ2) is 8.14. The van der Waals surface area contributed by atoms with Gasteiger partial charge in [-0.2, -0.15) is 0 Å². The Morgan fingerprint density at radius 1 is 1.17 bits per heavy atom. The molecule has 1 unspecified atom stereocenters. The van der Waals surface area contributed by atoms with Gasteiger partial charge in [-0.3, -0.25) is 9.59 Å². The molecule has 0 radical (unpaired) electrons. The van der Waals surface area contributed by atoms with E-state index in [-0.39, 0.29) is 41.2 Å². The number of sulfone groups is 1. The third-order valence-corrected chi connectivity index (χ3v) is 6.89. The highest BCUT2D eigenvalue weighted by molar-refractivity contribution is 7.91. The highest BCUT2D eigenvalue weighted by Gasteiger charge is 2.37. The van der Waals surface area contributed by atoms with Gasteiger partial charge in [0.15, 0.2) is 9.84 Å². The van der Waals surface area contributed by atoms with E-state index in [0.717, 1.165) is 0 Å². The fourth-order valence-corrected chi connectivity index (χ4v) is 5.50. The summed E-state index contributed by atoms with van der Waals surface area (Å²) in [6, 6.07) is -0.180. The molecular weight excluding hydrogens is 328 g/mol. The molecule has 2 aliphatic rings. The van der Waals surface area contributed by atoms with E-state index in [0.29, 0.717) is 45.2 Å². The summed E-state index contributed by atoms with van der Waals surface area (Å²) in [6.45, 7) is 6.49. The molecule has 1 N–H and O–H groups in total. The zero-order valence-corrected chi connectivity index (χ0v) is 15.2. The first-order valence-electron chi connectivity index (χ1n) is 8.77. The van der Waals surface area contributed by atoms with Crippen LogP contribution in [0.3, 0.4) is 0 Å². The van der Waals surface area contributed by atoms with Crippen molar-refractivity contribution in [1.29, 1.82) is 0 Å². The summed E-state index contributed by atoms with van der Waals surface area (Å²) >= 11 is 0. The molecule has 0 aromatic rings. The number of carbonyl (C=O) groups excluding carboxylic acids is 2. The number of nitrogens with zero attached hydrogens (tertiary/aromatic N) is 1. The first kappa shape index (κ1) is 19.0. The Hall–Kier alpha value is -1.37. The second-order valence-corrected chi connectivity index (χ2v) is 8.99. The zero-order chi connectivity index (χ0) is 17.7. The van der Waals surface area contributed by atoms with Crippen LogP contribution in [0.5, 0.6) is 0 Å². The van der Waals surface area contributed by atoms with Crippen LogP contribution in [-0.2, 0) is 19.4 Å². The van der Waals surface area contributed by atoms with Gasteiger partial charge in [-0.25, -0.2) is 8.42 Å². The molecule has 7 heteroatoms. The third-order valence-electron chi connectivity index (χ3n) is 5.14. The van der Waals surface area contributed by atoms with E-state index < -0.39 is 9.84 Å². The molecule has 0 spiro atoms. The van der Waals surface area contributed by atoms with Crippen LogP contribution in [0.2, 0.25) is 0 Å². The van der Waals surface area contributed by atoms with Crippen molar-refractivity contribution in [2.75, 3.05) is 24.6 Å². The lowest BCUT2D eigenvalue weighted by atomic mass is 9.80. The Bertz CT molecular complexity index is 579. The Morgan fingerprint density at radius 2 is 1.79 bits per heavy atom. The van der Waals surface area contributed by atoms with Crippen molar-refractivity contribution >= 4 is 21.7 Å². The minimum atomic E-state index is -3.00. The molecule has 6 nitrogen and oxygen atoms in total. The van der Waals surface area contributed by atoms with Gasteiger partial charge in [0.25, 0.3) is 0 Å². The smallest absolute Gasteiger partial charge is 0.225 e. The minimum absolute atomic E-state index is 0.0315. The van der Waals surface area contributed by atoms with Crippen LogP contribution in [0, 0.1) is 11.8 Å². The zero-order valence-electron chi connectivity index (χ0n) is 14.4. The summed E-state index contributed by atoms with van der Waals surface area (Å²) in [5, 5.41) is 2.81. The van der Waals surface area contributed by atoms with Crippen molar-refractivity contribution in [1.82, 2.24) is 10.2 Å². The lowest BCUT2D eigenvalue weighted by molar-refractivity contribution is -0.139. The van der Waals surface area contributed by atoms with E-state index in [1.165, 1.54) is 0 Å². The van der Waals surface area contributed by atoms with Crippen molar-refractivity contribution in [2.45, 2.75) is 45.1 Å². The van der Waals surface area contributed by atoms with Gasteiger partial charge in [-0.05, 0) is 39.0 Å². The maximum Gasteiger partial charge on any atom is 0.225 e. The largest absolute Gasteiger partial charge is 0.352 e. The number of amides is 2. The molecule has 2 amide bonds. The molecule has 1 heterocycles. The molecule has 2 fully saturated rings. The van der Waals surface area contributed by atoms with Crippen LogP contribution in [-0.4, -0.2) is 55.8 Å². The highest BCUT2D eigenvalue weighted by Crippen LogP contribution is 2.31. The predicted molar refractivity (Wildman–Crippen MR) is 93.1 cm³/mol. The number of nitrogens with one attached hydrogen (secondary N) is 1. The van der Waals surface area contributed by atoms with Gasteiger partial charge in [0.05, 0.1) is 11.5 Å². The molecule has 1 aliphatic carbocycles. The van der Waals surface area contributed by atoms with Gasteiger partial charge in [0, 0.05) is 31.0 Å². The molecule has 1 saturated heterocycles. The second-order valence-electron chi connectivity index (χ2n) is 6.76. The van der Waals surface area contributed by atoms with Crippen LogP contribution in [0.1, 0.15) is 39.0 Å². The van der Waals surface area contributed by atoms with Crippen LogP contribution in [0.15, 0.2) is 12.7 Å². The summed E-state index contributed by atoms with van der Waals surface area (Å²) in [6.07, 6.45) is 5.00. The lowest BCUT2D eigenvalue weighted by Gasteiger charge is -2.34. The molecule has 1 saturated carbocycles. The maximum atomic E-state index is 12.8. The van der Waals surface area contributed by atoms with Crippen molar-refractivity contribution in [2.24, 2.45) is 11.8 Å². The quantitative estimate of drug-likeness (QED) is 0.723. The molecule has 136 valence electrons. The fourth-order valence-electron chi connectivity index (χ4n) is 3.77. The van der Waals surface area contributed by atoms with E-state index in [1.807, 2.05) is 6.92 Å². The molecule has 1 atom stereocenters. The summed E-state index contributed by atoms with van der Waals surface area (Å²) < 4.78 is 23.4. The Labute approximate surface area is 144 Å². The first-order valence-corrected chi connectivity index (χ1v) is 10.6. The van der Waals surface area contributed by atoms with Gasteiger partial charge in [0.1, 0.15) is 0 Å². The number of rotatable bonds is 6. The summed E-state index contributed by atoms with van der Waals surface area (Å²) in [5.74, 6) is 0.246. The lowest BCUT2D eigenvalue weighted by Crippen LogP contribution is -2.45. The number of carbonyl (C=O) groups is 2. The number of hydrogen-bond donors (Lipinski definition) is 1. The van der Waals surface area contributed by atoms with Crippen molar-refractivity contribution in [3.05, 3.63) is 12.7 Å². The molecule has 0 aromatic heterocycles. The van der Waals surface area contributed by atoms with E-state index in [9.17, 15) is 18.0 Å². The number of hydrogen-bond acceptors (Lipinski definition) is 4.